The SMILES string of the molecule is Cc1cn(CC(=O)NCc2csc(-c3cnccn3)n2)c(=O)[nH]c1=O. The van der Waals surface area contributed by atoms with Gasteiger partial charge >= 0.3 is 5.69 Å². The fraction of sp³-hybridized carbons (Fsp3) is 0.200. The van der Waals surface area contributed by atoms with Crippen LogP contribution in [0.4, 0.5) is 0 Å². The molecule has 3 aromatic rings. The average Bonchev–Trinajstić information content (AvgIpc) is 3.08. The standard InChI is InChI=1S/C15H14N6O3S/c1-9-6-21(15(24)20-13(9)23)7-12(22)18-4-10-8-25-14(19-10)11-5-16-2-3-17-11/h2-3,5-6,8H,4,7H2,1H3,(H,18,22)(H,20,23,24). The number of thiazole rings is 1. The summed E-state index contributed by atoms with van der Waals surface area (Å²) in [5.41, 5.74) is 0.634. The lowest BCUT2D eigenvalue weighted by Crippen LogP contribution is -2.36. The number of amides is 1. The van der Waals surface area contributed by atoms with Gasteiger partial charge in [0.1, 0.15) is 17.2 Å². The molecule has 10 heteroatoms. The predicted octanol–water partition coefficient (Wildman–Crippen LogP) is 0.0749. The Labute approximate surface area is 145 Å². The number of hydrogen-bond donors (Lipinski definition) is 2. The molecule has 3 aromatic heterocycles. The van der Waals surface area contributed by atoms with Gasteiger partial charge in [0, 0.05) is 29.5 Å². The van der Waals surface area contributed by atoms with Crippen molar-refractivity contribution in [1.82, 2.24) is 29.8 Å². The molecule has 0 bridgehead atoms. The third kappa shape index (κ3) is 4.04. The molecule has 25 heavy (non-hydrogen) atoms. The third-order valence-electron chi connectivity index (χ3n) is 3.30. The molecule has 0 radical (unpaired) electrons. The fourth-order valence-electron chi connectivity index (χ4n) is 2.05. The number of hydrogen-bond acceptors (Lipinski definition) is 7. The van der Waals surface area contributed by atoms with E-state index in [1.807, 2.05) is 5.38 Å². The van der Waals surface area contributed by atoms with Crippen molar-refractivity contribution >= 4 is 17.2 Å². The van der Waals surface area contributed by atoms with E-state index in [0.29, 0.717) is 22.0 Å². The molecule has 0 aliphatic heterocycles. The summed E-state index contributed by atoms with van der Waals surface area (Å²) in [6.45, 7) is 1.61. The normalized spacial score (nSPS) is 10.6. The number of carbonyl (C=O) groups is 1. The Morgan fingerprint density at radius 2 is 2.20 bits per heavy atom. The van der Waals surface area contributed by atoms with Crippen LogP contribution in [-0.4, -0.2) is 30.4 Å². The first-order valence-corrected chi connectivity index (χ1v) is 8.19. The number of rotatable bonds is 5. The van der Waals surface area contributed by atoms with E-state index in [2.05, 4.69) is 25.3 Å². The van der Waals surface area contributed by atoms with Crippen LogP contribution in [0.2, 0.25) is 0 Å². The number of aromatic nitrogens is 5. The van der Waals surface area contributed by atoms with Crippen LogP contribution in [0.1, 0.15) is 11.3 Å². The molecule has 0 unspecified atom stereocenters. The second kappa shape index (κ2) is 7.18. The second-order valence-corrected chi connectivity index (χ2v) is 6.07. The number of carbonyl (C=O) groups excluding carboxylic acids is 1. The molecule has 0 aromatic carbocycles. The van der Waals surface area contributed by atoms with Crippen LogP contribution in [-0.2, 0) is 17.9 Å². The first-order chi connectivity index (χ1) is 12.0. The van der Waals surface area contributed by atoms with E-state index in [1.54, 1.807) is 25.5 Å². The van der Waals surface area contributed by atoms with E-state index in [4.69, 9.17) is 0 Å². The Balaban J connectivity index is 1.62. The van der Waals surface area contributed by atoms with Crippen molar-refractivity contribution in [3.63, 3.8) is 0 Å². The van der Waals surface area contributed by atoms with E-state index in [9.17, 15) is 14.4 Å². The molecule has 0 spiro atoms. The van der Waals surface area contributed by atoms with Gasteiger partial charge in [-0.05, 0) is 6.92 Å². The van der Waals surface area contributed by atoms with Crippen LogP contribution in [0, 0.1) is 6.92 Å². The highest BCUT2D eigenvalue weighted by atomic mass is 32.1. The highest BCUT2D eigenvalue weighted by Gasteiger charge is 2.09. The topological polar surface area (TPSA) is 123 Å². The van der Waals surface area contributed by atoms with Crippen molar-refractivity contribution in [3.05, 3.63) is 62.3 Å². The Hall–Kier alpha value is -3.14. The largest absolute Gasteiger partial charge is 0.349 e. The van der Waals surface area contributed by atoms with E-state index in [0.717, 1.165) is 4.57 Å². The smallest absolute Gasteiger partial charge is 0.328 e. The lowest BCUT2D eigenvalue weighted by atomic mass is 10.4. The van der Waals surface area contributed by atoms with E-state index >= 15 is 0 Å². The summed E-state index contributed by atoms with van der Waals surface area (Å²) >= 11 is 1.40. The molecule has 0 fully saturated rings. The molecule has 0 aliphatic rings. The quantitative estimate of drug-likeness (QED) is 0.666. The molecular weight excluding hydrogens is 344 g/mol. The molecule has 2 N–H and O–H groups in total. The Morgan fingerprint density at radius 1 is 1.36 bits per heavy atom. The zero-order valence-electron chi connectivity index (χ0n) is 13.2. The molecule has 3 heterocycles. The molecule has 0 saturated carbocycles. The minimum absolute atomic E-state index is 0.183. The van der Waals surface area contributed by atoms with Gasteiger partial charge in [0.05, 0.1) is 18.4 Å². The molecule has 3 rings (SSSR count). The zero-order chi connectivity index (χ0) is 17.8. The lowest BCUT2D eigenvalue weighted by Gasteiger charge is -2.06. The Morgan fingerprint density at radius 3 is 2.96 bits per heavy atom. The Kier molecular flexibility index (Phi) is 4.80. The number of aromatic amines is 1. The monoisotopic (exact) mass is 358 g/mol. The van der Waals surface area contributed by atoms with Crippen molar-refractivity contribution < 1.29 is 4.79 Å². The van der Waals surface area contributed by atoms with Gasteiger partial charge in [0.25, 0.3) is 5.56 Å². The molecule has 1 amide bonds. The molecule has 0 aliphatic carbocycles. The van der Waals surface area contributed by atoms with Gasteiger partial charge < -0.3 is 5.32 Å². The predicted molar refractivity (Wildman–Crippen MR) is 91.0 cm³/mol. The van der Waals surface area contributed by atoms with Gasteiger partial charge in [-0.15, -0.1) is 11.3 Å². The van der Waals surface area contributed by atoms with Crippen LogP contribution in [0.3, 0.4) is 0 Å². The van der Waals surface area contributed by atoms with Crippen molar-refractivity contribution in [1.29, 1.82) is 0 Å². The van der Waals surface area contributed by atoms with Gasteiger partial charge in [-0.25, -0.2) is 9.78 Å². The van der Waals surface area contributed by atoms with Gasteiger partial charge in [-0.1, -0.05) is 0 Å². The first kappa shape index (κ1) is 16.7. The van der Waals surface area contributed by atoms with Gasteiger partial charge in [0.15, 0.2) is 0 Å². The number of aryl methyl sites for hydroxylation is 1. The van der Waals surface area contributed by atoms with Gasteiger partial charge in [0.2, 0.25) is 5.91 Å². The fourth-order valence-corrected chi connectivity index (χ4v) is 2.83. The van der Waals surface area contributed by atoms with E-state index in [1.165, 1.54) is 17.5 Å². The maximum atomic E-state index is 12.0. The first-order valence-electron chi connectivity index (χ1n) is 7.31. The molecule has 9 nitrogen and oxygen atoms in total. The molecular formula is C15H14N6O3S. The van der Waals surface area contributed by atoms with Gasteiger partial charge in [-0.2, -0.15) is 0 Å². The average molecular weight is 358 g/mol. The van der Waals surface area contributed by atoms with E-state index < -0.39 is 11.2 Å². The van der Waals surface area contributed by atoms with Crippen LogP contribution in [0.15, 0.2) is 39.8 Å². The van der Waals surface area contributed by atoms with Crippen molar-refractivity contribution in [2.75, 3.05) is 0 Å². The number of nitrogens with zero attached hydrogens (tertiary/aromatic N) is 4. The summed E-state index contributed by atoms with van der Waals surface area (Å²) in [5, 5.41) is 5.22. The highest BCUT2D eigenvalue weighted by Crippen LogP contribution is 2.20. The van der Waals surface area contributed by atoms with Crippen molar-refractivity contribution in [2.24, 2.45) is 0 Å². The molecule has 0 atom stereocenters. The van der Waals surface area contributed by atoms with Crippen LogP contribution in [0.25, 0.3) is 10.7 Å². The third-order valence-corrected chi connectivity index (χ3v) is 4.22. The minimum Gasteiger partial charge on any atom is -0.349 e. The van der Waals surface area contributed by atoms with Crippen LogP contribution < -0.4 is 16.6 Å². The summed E-state index contributed by atoms with van der Waals surface area (Å²) < 4.78 is 1.15. The minimum atomic E-state index is -0.621. The molecule has 0 saturated heterocycles. The maximum Gasteiger partial charge on any atom is 0.328 e. The van der Waals surface area contributed by atoms with E-state index in [-0.39, 0.29) is 19.0 Å². The maximum absolute atomic E-state index is 12.0. The highest BCUT2D eigenvalue weighted by molar-refractivity contribution is 7.13. The zero-order valence-corrected chi connectivity index (χ0v) is 14.0. The summed E-state index contributed by atoms with van der Waals surface area (Å²) in [6, 6.07) is 0. The van der Waals surface area contributed by atoms with Crippen LogP contribution >= 0.6 is 11.3 Å². The number of H-pyrrole nitrogens is 1. The Bertz CT molecular complexity index is 1010. The number of nitrogens with one attached hydrogen (secondary N) is 2. The summed E-state index contributed by atoms with van der Waals surface area (Å²) in [4.78, 5) is 49.7. The van der Waals surface area contributed by atoms with Crippen molar-refractivity contribution in [3.8, 4) is 10.7 Å². The summed E-state index contributed by atoms with van der Waals surface area (Å²) in [7, 11) is 0. The van der Waals surface area contributed by atoms with Gasteiger partial charge in [-0.3, -0.25) is 29.1 Å². The molecule has 128 valence electrons. The van der Waals surface area contributed by atoms with Crippen molar-refractivity contribution in [2.45, 2.75) is 20.0 Å². The lowest BCUT2D eigenvalue weighted by molar-refractivity contribution is -0.121. The second-order valence-electron chi connectivity index (χ2n) is 5.21. The summed E-state index contributed by atoms with van der Waals surface area (Å²) in [6.07, 6.45) is 6.14. The summed E-state index contributed by atoms with van der Waals surface area (Å²) in [5.74, 6) is -0.359. The van der Waals surface area contributed by atoms with Crippen LogP contribution in [0.5, 0.6) is 0 Å².